The first kappa shape index (κ1) is 22.6. The number of benzene rings is 2. The Morgan fingerprint density at radius 2 is 1.97 bits per heavy atom. The van der Waals surface area contributed by atoms with E-state index in [1.165, 1.54) is 13.2 Å². The van der Waals surface area contributed by atoms with E-state index in [2.05, 4.69) is 10.3 Å². The highest BCUT2D eigenvalue weighted by molar-refractivity contribution is 6.01. The predicted octanol–water partition coefficient (Wildman–Crippen LogP) is 4.79. The summed E-state index contributed by atoms with van der Waals surface area (Å²) in [4.78, 5) is 27.7. The fourth-order valence-corrected chi connectivity index (χ4v) is 3.84. The summed E-state index contributed by atoms with van der Waals surface area (Å²) in [6, 6.07) is 18.6. The molecule has 2 heterocycles. The van der Waals surface area contributed by atoms with Crippen LogP contribution in [-0.4, -0.2) is 30.5 Å². The van der Waals surface area contributed by atoms with Gasteiger partial charge in [-0.2, -0.15) is 5.26 Å². The van der Waals surface area contributed by atoms with Gasteiger partial charge in [0.25, 0.3) is 5.91 Å². The molecule has 2 aromatic heterocycles. The molecule has 0 atom stereocenters. The van der Waals surface area contributed by atoms with Gasteiger partial charge in [0.05, 0.1) is 12.7 Å². The molecule has 1 amide bonds. The van der Waals surface area contributed by atoms with Crippen LogP contribution in [0.1, 0.15) is 27.2 Å². The maximum absolute atomic E-state index is 12.6. The maximum Gasteiger partial charge on any atom is 0.338 e. The molecular weight excluding hydrogens is 430 g/mol. The first-order chi connectivity index (χ1) is 16.5. The lowest BCUT2D eigenvalue weighted by Gasteiger charge is -2.07. The predicted molar refractivity (Wildman–Crippen MR) is 129 cm³/mol. The molecule has 170 valence electrons. The molecule has 0 spiro atoms. The smallest absolute Gasteiger partial charge is 0.338 e. The number of fused-ring (bicyclic) bond motifs is 1. The second kappa shape index (κ2) is 9.92. The summed E-state index contributed by atoms with van der Waals surface area (Å²) in [6.07, 6.45) is 3.97. The topological polar surface area (TPSA) is 108 Å². The average molecular weight is 453 g/mol. The third-order valence-corrected chi connectivity index (χ3v) is 5.64. The number of carbonyl (C=O) groups excluding carboxylic acids is 2. The van der Waals surface area contributed by atoms with Crippen molar-refractivity contribution in [3.05, 3.63) is 88.8 Å². The Hall–Kier alpha value is -4.57. The van der Waals surface area contributed by atoms with Crippen LogP contribution in [0.2, 0.25) is 0 Å². The number of nitrogens with one attached hydrogen (secondary N) is 2. The van der Waals surface area contributed by atoms with Gasteiger partial charge in [0.15, 0.2) is 0 Å². The number of aromatic nitrogens is 1. The molecule has 4 rings (SSSR count). The van der Waals surface area contributed by atoms with E-state index in [-0.39, 0.29) is 5.57 Å². The molecule has 2 N–H and O–H groups in total. The molecule has 4 aromatic rings. The van der Waals surface area contributed by atoms with E-state index in [1.54, 1.807) is 24.3 Å². The number of ether oxygens (including phenoxy) is 1. The second-order valence-corrected chi connectivity index (χ2v) is 7.71. The van der Waals surface area contributed by atoms with Gasteiger partial charge in [0.2, 0.25) is 0 Å². The molecular formula is C27H23N3O4. The van der Waals surface area contributed by atoms with E-state index in [0.29, 0.717) is 30.0 Å². The van der Waals surface area contributed by atoms with Crippen molar-refractivity contribution < 1.29 is 18.7 Å². The summed E-state index contributed by atoms with van der Waals surface area (Å²) in [7, 11) is 1.33. The van der Waals surface area contributed by atoms with Gasteiger partial charge in [-0.3, -0.25) is 4.79 Å². The first-order valence-electron chi connectivity index (χ1n) is 10.7. The quantitative estimate of drug-likeness (QED) is 0.238. The Morgan fingerprint density at radius 1 is 1.15 bits per heavy atom. The van der Waals surface area contributed by atoms with Crippen molar-refractivity contribution in [3.8, 4) is 17.4 Å². The molecule has 0 aliphatic rings. The zero-order valence-electron chi connectivity index (χ0n) is 18.8. The number of nitrogens with zero attached hydrogens (tertiary/aromatic N) is 1. The molecule has 34 heavy (non-hydrogen) atoms. The molecule has 0 saturated carbocycles. The van der Waals surface area contributed by atoms with E-state index in [1.807, 2.05) is 49.5 Å². The zero-order chi connectivity index (χ0) is 24.1. The van der Waals surface area contributed by atoms with E-state index in [9.17, 15) is 14.9 Å². The highest BCUT2D eigenvalue weighted by Crippen LogP contribution is 2.28. The minimum atomic E-state index is -0.468. The Labute approximate surface area is 196 Å². The SMILES string of the molecule is COC(=O)c1cccc(-c2ccc(/C=C(/C#N)C(=O)NCCc3c[nH]c4ccccc34)o2)c1C. The van der Waals surface area contributed by atoms with Gasteiger partial charge < -0.3 is 19.5 Å². The first-order valence-corrected chi connectivity index (χ1v) is 10.7. The fraction of sp³-hybridized carbons (Fsp3) is 0.148. The third kappa shape index (κ3) is 4.62. The lowest BCUT2D eigenvalue weighted by Crippen LogP contribution is -2.26. The Bertz CT molecular complexity index is 1440. The van der Waals surface area contributed by atoms with Crippen LogP contribution in [-0.2, 0) is 16.0 Å². The number of rotatable bonds is 7. The molecule has 0 radical (unpaired) electrons. The molecule has 7 nitrogen and oxygen atoms in total. The monoisotopic (exact) mass is 453 g/mol. The number of hydrogen-bond donors (Lipinski definition) is 2. The van der Waals surface area contributed by atoms with Gasteiger partial charge >= 0.3 is 5.97 Å². The van der Waals surface area contributed by atoms with Crippen LogP contribution in [0.3, 0.4) is 0 Å². The van der Waals surface area contributed by atoms with Crippen LogP contribution in [0.5, 0.6) is 0 Å². The number of H-pyrrole nitrogens is 1. The van der Waals surface area contributed by atoms with Gasteiger partial charge in [-0.25, -0.2) is 4.79 Å². The zero-order valence-corrected chi connectivity index (χ0v) is 18.8. The van der Waals surface area contributed by atoms with E-state index in [4.69, 9.17) is 9.15 Å². The lowest BCUT2D eigenvalue weighted by molar-refractivity contribution is -0.117. The number of carbonyl (C=O) groups is 2. The molecule has 7 heteroatoms. The lowest BCUT2D eigenvalue weighted by atomic mass is 10.0. The number of methoxy groups -OCH3 is 1. The summed E-state index contributed by atoms with van der Waals surface area (Å²) in [6.45, 7) is 2.20. The highest BCUT2D eigenvalue weighted by Gasteiger charge is 2.16. The summed E-state index contributed by atoms with van der Waals surface area (Å²) in [5.41, 5.74) is 3.97. The summed E-state index contributed by atoms with van der Waals surface area (Å²) in [5.74, 6) is -0.0148. The van der Waals surface area contributed by atoms with Crippen molar-refractivity contribution in [1.29, 1.82) is 5.26 Å². The molecule has 2 aromatic carbocycles. The number of para-hydroxylation sites is 1. The number of esters is 1. The van der Waals surface area contributed by atoms with Gasteiger partial charge in [-0.15, -0.1) is 0 Å². The summed E-state index contributed by atoms with van der Waals surface area (Å²) in [5, 5.41) is 13.4. The summed E-state index contributed by atoms with van der Waals surface area (Å²) >= 11 is 0. The maximum atomic E-state index is 12.6. The standard InChI is InChI=1S/C27H23N3O4/c1-17-21(7-5-8-22(17)27(32)33-2)25-11-10-20(34-25)14-19(15-28)26(31)29-13-12-18-16-30-24-9-4-3-6-23(18)24/h3-11,14,16,30H,12-13H2,1-2H3,(H,29,31)/b19-14-. The number of hydrogen-bond acceptors (Lipinski definition) is 5. The van der Waals surface area contributed by atoms with E-state index in [0.717, 1.165) is 27.6 Å². The summed E-state index contributed by atoms with van der Waals surface area (Å²) < 4.78 is 10.7. The molecule has 0 fully saturated rings. The van der Waals surface area contributed by atoms with E-state index < -0.39 is 11.9 Å². The van der Waals surface area contributed by atoms with Crippen molar-refractivity contribution in [2.75, 3.05) is 13.7 Å². The number of nitriles is 1. The Kier molecular flexibility index (Phi) is 6.60. The van der Waals surface area contributed by atoms with Crippen LogP contribution >= 0.6 is 0 Å². The normalized spacial score (nSPS) is 11.3. The minimum absolute atomic E-state index is 0.0557. The number of aromatic amines is 1. The van der Waals surface area contributed by atoms with Gasteiger partial charge in [-0.05, 0) is 48.7 Å². The van der Waals surface area contributed by atoms with Crippen LogP contribution in [0.15, 0.2) is 70.8 Å². The van der Waals surface area contributed by atoms with Crippen molar-refractivity contribution in [1.82, 2.24) is 10.3 Å². The number of amides is 1. The molecule has 0 aliphatic heterocycles. The highest BCUT2D eigenvalue weighted by atomic mass is 16.5. The average Bonchev–Trinajstić information content (AvgIpc) is 3.49. The van der Waals surface area contributed by atoms with Crippen molar-refractivity contribution in [3.63, 3.8) is 0 Å². The fourth-order valence-electron chi connectivity index (χ4n) is 3.84. The molecule has 0 unspecified atom stereocenters. The Morgan fingerprint density at radius 3 is 2.76 bits per heavy atom. The largest absolute Gasteiger partial charge is 0.465 e. The van der Waals surface area contributed by atoms with Crippen LogP contribution < -0.4 is 5.32 Å². The molecule has 0 bridgehead atoms. The van der Waals surface area contributed by atoms with Crippen LogP contribution in [0, 0.1) is 18.3 Å². The third-order valence-electron chi connectivity index (χ3n) is 5.64. The second-order valence-electron chi connectivity index (χ2n) is 7.71. The van der Waals surface area contributed by atoms with Crippen molar-refractivity contribution >= 4 is 28.9 Å². The van der Waals surface area contributed by atoms with Gasteiger partial charge in [-0.1, -0.05) is 30.3 Å². The molecule has 0 aliphatic carbocycles. The molecule has 0 saturated heterocycles. The van der Waals surface area contributed by atoms with E-state index >= 15 is 0 Å². The minimum Gasteiger partial charge on any atom is -0.465 e. The van der Waals surface area contributed by atoms with Crippen LogP contribution in [0.25, 0.3) is 28.3 Å². The van der Waals surface area contributed by atoms with Crippen molar-refractivity contribution in [2.45, 2.75) is 13.3 Å². The van der Waals surface area contributed by atoms with Crippen LogP contribution in [0.4, 0.5) is 0 Å². The number of furan rings is 1. The van der Waals surface area contributed by atoms with Gasteiger partial charge in [0, 0.05) is 35.3 Å². The van der Waals surface area contributed by atoms with Crippen molar-refractivity contribution in [2.24, 2.45) is 0 Å². The Balaban J connectivity index is 1.45. The van der Waals surface area contributed by atoms with Gasteiger partial charge in [0.1, 0.15) is 23.2 Å².